The summed E-state index contributed by atoms with van der Waals surface area (Å²) in [6, 6.07) is 12.7. The van der Waals surface area contributed by atoms with Gasteiger partial charge in [-0.15, -0.1) is 0 Å². The summed E-state index contributed by atoms with van der Waals surface area (Å²) in [6.07, 6.45) is 3.52. The number of ether oxygens (including phenoxy) is 1. The zero-order chi connectivity index (χ0) is 29.5. The maximum absolute atomic E-state index is 13.3. The van der Waals surface area contributed by atoms with E-state index >= 15 is 0 Å². The lowest BCUT2D eigenvalue weighted by Gasteiger charge is -2.25. The summed E-state index contributed by atoms with van der Waals surface area (Å²) < 4.78 is 5.72. The number of nitrogens with one attached hydrogen (secondary N) is 1. The van der Waals surface area contributed by atoms with Gasteiger partial charge in [-0.05, 0) is 63.0 Å². The van der Waals surface area contributed by atoms with E-state index in [2.05, 4.69) is 36.6 Å². The van der Waals surface area contributed by atoms with Crippen molar-refractivity contribution in [3.63, 3.8) is 0 Å². The number of β-amino-alcohol motifs (C(OH)–C–C–N with tert-alkyl or cyclic N) is 1. The van der Waals surface area contributed by atoms with Gasteiger partial charge in [-0.25, -0.2) is 9.97 Å². The van der Waals surface area contributed by atoms with Crippen LogP contribution in [0.2, 0.25) is 0 Å². The highest BCUT2D eigenvalue weighted by molar-refractivity contribution is 6.07. The van der Waals surface area contributed by atoms with Crippen molar-refractivity contribution in [1.29, 1.82) is 0 Å². The van der Waals surface area contributed by atoms with Gasteiger partial charge in [0.25, 0.3) is 0 Å². The summed E-state index contributed by atoms with van der Waals surface area (Å²) in [5.74, 6) is 0.548. The van der Waals surface area contributed by atoms with Crippen LogP contribution in [0.4, 0.5) is 17.1 Å². The van der Waals surface area contributed by atoms with Crippen LogP contribution in [-0.4, -0.2) is 92.2 Å². The predicted molar refractivity (Wildman–Crippen MR) is 161 cm³/mol. The van der Waals surface area contributed by atoms with E-state index in [1.165, 1.54) is 6.08 Å². The highest BCUT2D eigenvalue weighted by atomic mass is 16.5. The van der Waals surface area contributed by atoms with E-state index in [1.54, 1.807) is 31.5 Å². The third-order valence-corrected chi connectivity index (χ3v) is 7.08. The van der Waals surface area contributed by atoms with Gasteiger partial charge >= 0.3 is 0 Å². The molecule has 0 aliphatic carbocycles. The number of benzene rings is 2. The number of ketones is 1. The number of aromatic nitrogens is 2. The summed E-state index contributed by atoms with van der Waals surface area (Å²) in [4.78, 5) is 40.7. The Morgan fingerprint density at radius 2 is 1.93 bits per heavy atom. The molecule has 216 valence electrons. The Kier molecular flexibility index (Phi) is 9.69. The summed E-state index contributed by atoms with van der Waals surface area (Å²) in [7, 11) is 7.57. The molecule has 41 heavy (non-hydrogen) atoms. The maximum Gasteiger partial charge on any atom is 0.247 e. The second kappa shape index (κ2) is 13.4. The third kappa shape index (κ3) is 7.47. The van der Waals surface area contributed by atoms with Crippen LogP contribution in [-0.2, 0) is 11.2 Å². The first-order valence-electron chi connectivity index (χ1n) is 13.6. The van der Waals surface area contributed by atoms with E-state index in [0.717, 1.165) is 43.0 Å². The Labute approximate surface area is 241 Å². The third-order valence-electron chi connectivity index (χ3n) is 7.08. The number of anilines is 3. The van der Waals surface area contributed by atoms with Crippen LogP contribution >= 0.6 is 0 Å². The molecule has 3 aromatic rings. The molecule has 10 nitrogen and oxygen atoms in total. The quantitative estimate of drug-likeness (QED) is 0.256. The number of likely N-dealkylation sites (N-methyl/N-ethyl adjacent to an activating group) is 2. The highest BCUT2D eigenvalue weighted by Gasteiger charge is 2.21. The minimum absolute atomic E-state index is 0.203. The van der Waals surface area contributed by atoms with Crippen LogP contribution in [0.1, 0.15) is 33.9 Å². The molecular weight excluding hydrogens is 520 g/mol. The number of hydrogen-bond donors (Lipinski definition) is 2. The summed E-state index contributed by atoms with van der Waals surface area (Å²) in [6.45, 7) is 6.52. The fraction of sp³-hybridized carbons (Fsp3) is 0.355. The van der Waals surface area contributed by atoms with Crippen molar-refractivity contribution in [3.8, 4) is 5.75 Å². The topological polar surface area (TPSA) is 111 Å². The number of aliphatic hydroxyl groups is 1. The van der Waals surface area contributed by atoms with Crippen molar-refractivity contribution >= 4 is 28.8 Å². The van der Waals surface area contributed by atoms with Crippen molar-refractivity contribution < 1.29 is 19.4 Å². The minimum atomic E-state index is -0.320. The lowest BCUT2D eigenvalue weighted by atomic mass is 10.1. The van der Waals surface area contributed by atoms with Crippen molar-refractivity contribution in [2.45, 2.75) is 18.9 Å². The SMILES string of the molecule is C=CC(=O)Nc1cc(Cc2nccc(C(=O)c3ccc(N4CC[C@H](O)C4)cc3)n2)c(OC)cc1N(C)CCN(C)C. The number of aliphatic hydroxyl groups excluding tert-OH is 1. The van der Waals surface area contributed by atoms with Gasteiger partial charge in [-0.3, -0.25) is 9.59 Å². The molecule has 1 saturated heterocycles. The number of carbonyl (C=O) groups is 2. The van der Waals surface area contributed by atoms with E-state index in [4.69, 9.17) is 4.74 Å². The largest absolute Gasteiger partial charge is 0.496 e. The Morgan fingerprint density at radius 3 is 2.56 bits per heavy atom. The van der Waals surface area contributed by atoms with Gasteiger partial charge in [0.15, 0.2) is 0 Å². The van der Waals surface area contributed by atoms with Gasteiger partial charge in [0.2, 0.25) is 11.7 Å². The monoisotopic (exact) mass is 558 g/mol. The van der Waals surface area contributed by atoms with E-state index in [1.807, 2.05) is 45.4 Å². The average molecular weight is 559 g/mol. The van der Waals surface area contributed by atoms with E-state index in [-0.39, 0.29) is 17.8 Å². The number of nitrogens with zero attached hydrogens (tertiary/aromatic N) is 5. The lowest BCUT2D eigenvalue weighted by molar-refractivity contribution is -0.111. The zero-order valence-corrected chi connectivity index (χ0v) is 24.1. The van der Waals surface area contributed by atoms with E-state index in [9.17, 15) is 14.7 Å². The van der Waals surface area contributed by atoms with Crippen LogP contribution in [0.15, 0.2) is 61.3 Å². The zero-order valence-electron chi connectivity index (χ0n) is 24.1. The molecule has 0 bridgehead atoms. The van der Waals surface area contributed by atoms with Gasteiger partial charge in [0, 0.05) is 68.7 Å². The van der Waals surface area contributed by atoms with Crippen LogP contribution in [0, 0.1) is 0 Å². The molecular formula is C31H38N6O4. The first-order valence-corrected chi connectivity index (χ1v) is 13.6. The Bertz CT molecular complexity index is 1390. The molecule has 4 rings (SSSR count). The first-order chi connectivity index (χ1) is 19.7. The summed E-state index contributed by atoms with van der Waals surface area (Å²) in [5.41, 5.74) is 3.97. The Hall–Kier alpha value is -4.28. The molecule has 1 aromatic heterocycles. The maximum atomic E-state index is 13.3. The molecule has 2 N–H and O–H groups in total. The fourth-order valence-corrected chi connectivity index (χ4v) is 4.74. The molecule has 10 heteroatoms. The molecule has 1 aliphatic rings. The van der Waals surface area contributed by atoms with Crippen LogP contribution in [0.3, 0.4) is 0 Å². The summed E-state index contributed by atoms with van der Waals surface area (Å²) in [5, 5.41) is 12.7. The highest BCUT2D eigenvalue weighted by Crippen LogP contribution is 2.34. The van der Waals surface area contributed by atoms with Crippen LogP contribution in [0.25, 0.3) is 0 Å². The van der Waals surface area contributed by atoms with Crippen LogP contribution < -0.4 is 19.9 Å². The van der Waals surface area contributed by atoms with Gasteiger partial charge < -0.3 is 29.9 Å². The number of rotatable bonds is 12. The summed E-state index contributed by atoms with van der Waals surface area (Å²) >= 11 is 0. The van der Waals surface area contributed by atoms with Gasteiger partial charge in [0.1, 0.15) is 17.3 Å². The standard InChI is InChI=1S/C31H38N6O4/c1-6-30(39)34-26-17-22(28(41-5)19-27(26)36(4)16-15-35(2)3)18-29-32-13-11-25(33-29)31(40)21-7-9-23(10-8-21)37-14-12-24(38)20-37/h6-11,13,17,19,24,38H,1,12,14-16,18,20H2,2-5H3,(H,34,39)/t24-/m0/s1. The van der Waals surface area contributed by atoms with Crippen molar-refractivity contribution in [2.75, 3.05) is 69.5 Å². The van der Waals surface area contributed by atoms with Crippen LogP contribution in [0.5, 0.6) is 5.75 Å². The Morgan fingerprint density at radius 1 is 1.17 bits per heavy atom. The molecule has 0 unspecified atom stereocenters. The van der Waals surface area contributed by atoms with Crippen molar-refractivity contribution in [2.24, 2.45) is 0 Å². The normalized spacial score (nSPS) is 14.7. The van der Waals surface area contributed by atoms with Crippen molar-refractivity contribution in [3.05, 3.63) is 84.0 Å². The van der Waals surface area contributed by atoms with E-state index < -0.39 is 0 Å². The van der Waals surface area contributed by atoms with Gasteiger partial charge in [-0.2, -0.15) is 0 Å². The smallest absolute Gasteiger partial charge is 0.247 e. The number of carbonyl (C=O) groups excluding carboxylic acids is 2. The van der Waals surface area contributed by atoms with Gasteiger partial charge in [0.05, 0.1) is 24.6 Å². The molecule has 2 aromatic carbocycles. The molecule has 1 fully saturated rings. The number of hydrogen-bond acceptors (Lipinski definition) is 9. The molecule has 2 heterocycles. The predicted octanol–water partition coefficient (Wildman–Crippen LogP) is 3.00. The lowest BCUT2D eigenvalue weighted by Crippen LogP contribution is -2.29. The molecule has 0 spiro atoms. The van der Waals surface area contributed by atoms with E-state index in [0.29, 0.717) is 41.5 Å². The number of methoxy groups -OCH3 is 1. The molecule has 1 atom stereocenters. The number of amides is 1. The van der Waals surface area contributed by atoms with Crippen molar-refractivity contribution in [1.82, 2.24) is 14.9 Å². The second-order valence-electron chi connectivity index (χ2n) is 10.4. The molecule has 0 radical (unpaired) electrons. The molecule has 1 amide bonds. The second-order valence-corrected chi connectivity index (χ2v) is 10.4. The average Bonchev–Trinajstić information content (AvgIpc) is 3.42. The molecule has 0 saturated carbocycles. The molecule has 1 aliphatic heterocycles. The Balaban J connectivity index is 1.57. The van der Waals surface area contributed by atoms with Gasteiger partial charge in [-0.1, -0.05) is 6.58 Å². The minimum Gasteiger partial charge on any atom is -0.496 e. The fourth-order valence-electron chi connectivity index (χ4n) is 4.74. The first kappa shape index (κ1) is 29.7.